The second kappa shape index (κ2) is 18.6. The number of carboxylic acids is 1. The van der Waals surface area contributed by atoms with Crippen LogP contribution in [0.4, 0.5) is 0 Å². The first-order valence-electron chi connectivity index (χ1n) is 4.74. The number of carboxylic acid groups (broad SMARTS) is 1. The van der Waals surface area contributed by atoms with Crippen molar-refractivity contribution in [3.05, 3.63) is 0 Å². The molecule has 0 aromatic rings. The van der Waals surface area contributed by atoms with E-state index in [0.717, 1.165) is 0 Å². The van der Waals surface area contributed by atoms with Crippen LogP contribution in [-0.4, -0.2) is 50.5 Å². The molecular weight excluding hydrogens is 459 g/mol. The molecule has 0 rings (SSSR count). The standard InChI is InChI=1S/C7H12NO5.C2H6.Fm/c9-6-8-1-2-12-3-4-13-5-7(10)11;1-2;/h1-5H2,(H,8,9)(H,10,11);1-2H3;/q-1;;. The van der Waals surface area contributed by atoms with Crippen molar-refractivity contribution in [2.24, 2.45) is 0 Å². The maximum atomic E-state index is 9.95. The smallest absolute Gasteiger partial charge is 0.329 e. The third-order valence-electron chi connectivity index (χ3n) is 1.04. The molecule has 102 valence electrons. The van der Waals surface area contributed by atoms with Crippen molar-refractivity contribution in [1.29, 1.82) is 0 Å². The third-order valence-corrected chi connectivity index (χ3v) is 1.04. The van der Waals surface area contributed by atoms with Crippen LogP contribution in [0.3, 0.4) is 0 Å². The van der Waals surface area contributed by atoms with Gasteiger partial charge in [-0.1, -0.05) is 13.8 Å². The first-order chi connectivity index (χ1) is 7.27. The molecule has 0 saturated carbocycles. The van der Waals surface area contributed by atoms with Crippen LogP contribution in [0.1, 0.15) is 13.8 Å². The maximum Gasteiger partial charge on any atom is 0.329 e. The summed E-state index contributed by atoms with van der Waals surface area (Å²) in [6.45, 7) is 4.99. The molecule has 0 atom stereocenters. The molecule has 0 saturated heterocycles. The largest absolute Gasteiger partial charge is 0.528 e. The van der Waals surface area contributed by atoms with Crippen molar-refractivity contribution in [2.45, 2.75) is 13.8 Å². The Morgan fingerprint density at radius 2 is 1.81 bits per heavy atom. The molecule has 0 unspecified atom stereocenters. The van der Waals surface area contributed by atoms with Crippen LogP contribution in [0.15, 0.2) is 0 Å². The normalized spacial score (nSPS) is 8.12. The minimum Gasteiger partial charge on any atom is -0.528 e. The molecule has 0 spiro atoms. The van der Waals surface area contributed by atoms with Crippen LogP contribution < -0.4 is 5.32 Å². The van der Waals surface area contributed by atoms with E-state index in [1.54, 1.807) is 0 Å². The summed E-state index contributed by atoms with van der Waals surface area (Å²) in [6.07, 6.45) is 1.50. The van der Waals surface area contributed by atoms with Gasteiger partial charge >= 0.3 is 5.97 Å². The average Bonchev–Trinajstić information content (AvgIpc) is 2.24. The van der Waals surface area contributed by atoms with Gasteiger partial charge in [0.25, 0.3) is 0 Å². The predicted molar refractivity (Wildman–Crippen MR) is 54.3 cm³/mol. The summed E-state index contributed by atoms with van der Waals surface area (Å²) in [5.74, 6) is -1.00. The second-order valence-corrected chi connectivity index (χ2v) is 2.09. The number of carbonyl (C=O) groups excluding carboxylic acids is 1. The van der Waals surface area contributed by atoms with Crippen LogP contribution in [0.25, 0.3) is 0 Å². The summed E-state index contributed by atoms with van der Waals surface area (Å²) < 4.78 is 9.64. The molecular formula is C9H18FmNO5-. The molecule has 0 aromatic heterocycles. The van der Waals surface area contributed by atoms with E-state index in [-0.39, 0.29) is 13.2 Å². The number of hydrogen-bond acceptors (Lipinski definition) is 4. The Kier molecular flexibility index (Phi) is 22.6. The zero-order chi connectivity index (χ0) is 11.9. The summed E-state index contributed by atoms with van der Waals surface area (Å²) >= 11 is 0. The van der Waals surface area contributed by atoms with Crippen molar-refractivity contribution in [3.63, 3.8) is 0 Å². The summed E-state index contributed by atoms with van der Waals surface area (Å²) in [5.41, 5.74) is 0. The molecule has 16 heavy (non-hydrogen) atoms. The van der Waals surface area contributed by atoms with Gasteiger partial charge < -0.3 is 24.7 Å². The molecule has 0 heterocycles. The molecule has 7 heteroatoms. The van der Waals surface area contributed by atoms with E-state index in [0.29, 0.717) is 19.8 Å². The Morgan fingerprint density at radius 3 is 2.31 bits per heavy atom. The molecule has 0 radical (unpaired) electrons. The van der Waals surface area contributed by atoms with E-state index in [1.807, 2.05) is 13.8 Å². The number of ether oxygens (including phenoxy) is 2. The summed E-state index contributed by atoms with van der Waals surface area (Å²) in [6, 6.07) is 0. The molecule has 0 fully saturated rings. The van der Waals surface area contributed by atoms with Crippen LogP contribution >= 0.6 is 0 Å². The van der Waals surface area contributed by atoms with Crippen LogP contribution in [-0.2, 0) is 19.1 Å². The number of carbonyl (C=O) groups is 1. The van der Waals surface area contributed by atoms with E-state index in [1.165, 1.54) is 6.41 Å². The van der Waals surface area contributed by atoms with Crippen LogP contribution in [0.2, 0.25) is 0 Å². The van der Waals surface area contributed by atoms with Crippen molar-refractivity contribution in [2.75, 3.05) is 33.0 Å². The Balaban J connectivity index is -0.000000529. The second-order valence-electron chi connectivity index (χ2n) is 2.09. The minimum atomic E-state index is -1.00. The molecule has 0 aliphatic heterocycles. The number of nitrogens with one attached hydrogen (secondary N) is 1. The summed E-state index contributed by atoms with van der Waals surface area (Å²) in [4.78, 5) is 19.6. The van der Waals surface area contributed by atoms with E-state index in [9.17, 15) is 9.59 Å². The van der Waals surface area contributed by atoms with Gasteiger partial charge in [-0.15, -0.1) is 0 Å². The van der Waals surface area contributed by atoms with Gasteiger partial charge in [-0.25, -0.2) is 4.79 Å². The topological polar surface area (TPSA) is 84.9 Å². The van der Waals surface area contributed by atoms with E-state index in [4.69, 9.17) is 9.84 Å². The first kappa shape index (κ1) is 19.4. The van der Waals surface area contributed by atoms with Gasteiger partial charge in [0.1, 0.15) is 6.61 Å². The van der Waals surface area contributed by atoms with Crippen LogP contribution in [0.5, 0.6) is 0 Å². The quantitative estimate of drug-likeness (QED) is 0.273. The monoisotopic (exact) mass is 477 g/mol. The first-order valence-corrected chi connectivity index (χ1v) is 4.74. The Hall–Kier alpha value is -2.14. The van der Waals surface area contributed by atoms with Crippen molar-refractivity contribution in [3.8, 4) is 0 Å². The van der Waals surface area contributed by atoms with E-state index < -0.39 is 5.97 Å². The maximum absolute atomic E-state index is 9.95. The van der Waals surface area contributed by atoms with Crippen LogP contribution in [0, 0.1) is 0 Å². The van der Waals surface area contributed by atoms with Gasteiger partial charge in [0.05, 0.1) is 19.8 Å². The van der Waals surface area contributed by atoms with Gasteiger partial charge in [-0.3, -0.25) is 0 Å². The predicted octanol–water partition coefficient (Wildman–Crippen LogP) is -0.213. The van der Waals surface area contributed by atoms with Crippen molar-refractivity contribution in [1.82, 2.24) is 5.32 Å². The molecule has 2 N–H and O–H groups in total. The zero-order valence-corrected chi connectivity index (χ0v) is 11.8. The minimum absolute atomic E-state index is 0. The Labute approximate surface area is 89.6 Å². The van der Waals surface area contributed by atoms with Gasteiger partial charge in [-0.2, -0.15) is 6.41 Å². The third kappa shape index (κ3) is 22.6. The Morgan fingerprint density at radius 1 is 1.25 bits per heavy atom. The van der Waals surface area contributed by atoms with Crippen molar-refractivity contribution < 1.29 is 24.2 Å². The summed E-state index contributed by atoms with van der Waals surface area (Å²) in [5, 5.41) is 10.5. The fourth-order valence-corrected chi connectivity index (χ4v) is 0.554. The van der Waals surface area contributed by atoms with Crippen molar-refractivity contribution >= 4 is 12.4 Å². The molecule has 0 bridgehead atoms. The fourth-order valence-electron chi connectivity index (χ4n) is 0.554. The SMILES string of the molecule is CC.O=[C-]NCCOCCOCC(=O)O.[Fm]. The molecule has 0 aromatic carbocycles. The van der Waals surface area contributed by atoms with E-state index >= 15 is 0 Å². The number of hydrogen-bond donors (Lipinski definition) is 2. The van der Waals surface area contributed by atoms with E-state index in [2.05, 4.69) is 10.1 Å². The fraction of sp³-hybridized carbons (Fsp3) is 0.778. The van der Waals surface area contributed by atoms with Gasteiger partial charge in [-0.05, 0) is 0 Å². The van der Waals surface area contributed by atoms with Gasteiger partial charge in [0.15, 0.2) is 0 Å². The number of aliphatic carboxylic acids is 1. The molecule has 1 amide bonds. The van der Waals surface area contributed by atoms with Gasteiger partial charge in [0.2, 0.25) is 0 Å². The Bertz CT molecular complexity index is 157. The average molecular weight is 477 g/mol. The summed E-state index contributed by atoms with van der Waals surface area (Å²) in [7, 11) is 0. The van der Waals surface area contributed by atoms with Gasteiger partial charge in [0, 0.05) is 6.54 Å². The zero-order valence-electron chi connectivity index (χ0n) is 9.40. The molecule has 0 aliphatic rings. The number of rotatable bonds is 9. The molecule has 0 aliphatic carbocycles. The molecule has 6 nitrogen and oxygen atoms in total. The number of amides is 1.